The predicted octanol–water partition coefficient (Wildman–Crippen LogP) is 5.05. The van der Waals surface area contributed by atoms with E-state index in [1.807, 2.05) is 24.3 Å². The summed E-state index contributed by atoms with van der Waals surface area (Å²) in [6, 6.07) is 15.6. The molecule has 1 aliphatic heterocycles. The number of aliphatic hydroxyl groups excluding tert-OH is 1. The molecule has 0 saturated carbocycles. The molecule has 0 aliphatic carbocycles. The van der Waals surface area contributed by atoms with Crippen molar-refractivity contribution in [2.45, 2.75) is 25.8 Å². The SMILES string of the molecule is CC(C)c1ccc(N2C(=O)C(O)=C(C(=O)c3cccs3)C2c2ccccn2)cc1. The van der Waals surface area contributed by atoms with E-state index in [0.29, 0.717) is 22.2 Å². The van der Waals surface area contributed by atoms with Crippen molar-refractivity contribution in [1.82, 2.24) is 4.98 Å². The second kappa shape index (κ2) is 7.64. The maximum absolute atomic E-state index is 13.2. The number of nitrogens with zero attached hydrogens (tertiary/aromatic N) is 2. The Kier molecular flexibility index (Phi) is 5.03. The van der Waals surface area contributed by atoms with Gasteiger partial charge in [0.2, 0.25) is 5.78 Å². The Morgan fingerprint density at radius 2 is 1.86 bits per heavy atom. The van der Waals surface area contributed by atoms with Crippen molar-refractivity contribution in [1.29, 1.82) is 0 Å². The van der Waals surface area contributed by atoms with E-state index < -0.39 is 17.7 Å². The van der Waals surface area contributed by atoms with Crippen LogP contribution in [0.3, 0.4) is 0 Å². The normalized spacial score (nSPS) is 16.7. The number of ketones is 1. The van der Waals surface area contributed by atoms with Gasteiger partial charge in [-0.1, -0.05) is 38.1 Å². The second-order valence-electron chi connectivity index (χ2n) is 7.15. The van der Waals surface area contributed by atoms with E-state index in [9.17, 15) is 14.7 Å². The average molecular weight is 404 g/mol. The van der Waals surface area contributed by atoms with Crippen LogP contribution < -0.4 is 4.90 Å². The van der Waals surface area contributed by atoms with E-state index in [1.54, 1.807) is 41.9 Å². The largest absolute Gasteiger partial charge is 0.503 e. The first-order chi connectivity index (χ1) is 14.0. The minimum atomic E-state index is -0.789. The highest BCUT2D eigenvalue weighted by Gasteiger charge is 2.45. The van der Waals surface area contributed by atoms with Gasteiger partial charge in [0.15, 0.2) is 5.76 Å². The lowest BCUT2D eigenvalue weighted by atomic mass is 9.98. The quantitative estimate of drug-likeness (QED) is 0.604. The third kappa shape index (κ3) is 3.36. The van der Waals surface area contributed by atoms with Crippen LogP contribution in [0, 0.1) is 0 Å². The molecule has 0 spiro atoms. The first-order valence-corrected chi connectivity index (χ1v) is 10.2. The second-order valence-corrected chi connectivity index (χ2v) is 8.09. The number of pyridine rings is 1. The monoisotopic (exact) mass is 404 g/mol. The summed E-state index contributed by atoms with van der Waals surface area (Å²) in [5.74, 6) is -1.12. The van der Waals surface area contributed by atoms with Crippen molar-refractivity contribution in [2.75, 3.05) is 4.90 Å². The maximum atomic E-state index is 13.2. The van der Waals surface area contributed by atoms with Gasteiger partial charge in [-0.15, -0.1) is 11.3 Å². The summed E-state index contributed by atoms with van der Waals surface area (Å²) in [7, 11) is 0. The molecule has 3 aromatic rings. The lowest BCUT2D eigenvalue weighted by molar-refractivity contribution is -0.117. The number of carbonyl (C=O) groups excluding carboxylic acids is 2. The summed E-state index contributed by atoms with van der Waals surface area (Å²) in [6.07, 6.45) is 1.61. The molecule has 2 aromatic heterocycles. The fourth-order valence-corrected chi connectivity index (χ4v) is 4.16. The van der Waals surface area contributed by atoms with E-state index in [-0.39, 0.29) is 11.4 Å². The fraction of sp³-hybridized carbons (Fsp3) is 0.174. The molecule has 6 heteroatoms. The standard InChI is InChI=1S/C23H20N2O3S/c1-14(2)15-8-10-16(11-9-15)25-20(17-6-3-4-12-24-17)19(22(27)23(25)28)21(26)18-7-5-13-29-18/h3-14,20,27H,1-2H3. The molecule has 3 heterocycles. The Labute approximate surface area is 173 Å². The van der Waals surface area contributed by atoms with Crippen LogP contribution >= 0.6 is 11.3 Å². The Morgan fingerprint density at radius 3 is 2.45 bits per heavy atom. The van der Waals surface area contributed by atoms with Crippen molar-refractivity contribution in [3.63, 3.8) is 0 Å². The molecule has 1 atom stereocenters. The Morgan fingerprint density at radius 1 is 1.10 bits per heavy atom. The summed E-state index contributed by atoms with van der Waals surface area (Å²) in [4.78, 5) is 32.5. The van der Waals surface area contributed by atoms with Crippen LogP contribution in [0.4, 0.5) is 5.69 Å². The zero-order valence-corrected chi connectivity index (χ0v) is 16.9. The number of benzene rings is 1. The highest BCUT2D eigenvalue weighted by Crippen LogP contribution is 2.41. The molecule has 0 fully saturated rings. The van der Waals surface area contributed by atoms with Gasteiger partial charge in [-0.25, -0.2) is 0 Å². The molecule has 1 aliphatic rings. The summed E-state index contributed by atoms with van der Waals surface area (Å²) >= 11 is 1.28. The zero-order chi connectivity index (χ0) is 20.5. The van der Waals surface area contributed by atoms with Crippen LogP contribution in [0.1, 0.15) is 46.7 Å². The predicted molar refractivity (Wildman–Crippen MR) is 113 cm³/mol. The van der Waals surface area contributed by atoms with E-state index in [0.717, 1.165) is 5.56 Å². The lowest BCUT2D eigenvalue weighted by Gasteiger charge is -2.26. The molecular formula is C23H20N2O3S. The number of rotatable bonds is 5. The first-order valence-electron chi connectivity index (χ1n) is 9.35. The number of carbonyl (C=O) groups is 2. The van der Waals surface area contributed by atoms with Crippen molar-refractivity contribution >= 4 is 28.7 Å². The Hall–Kier alpha value is -3.25. The molecule has 0 radical (unpaired) electrons. The molecule has 29 heavy (non-hydrogen) atoms. The van der Waals surface area contributed by atoms with E-state index in [2.05, 4.69) is 18.8 Å². The van der Waals surface area contributed by atoms with Crippen LogP contribution in [0.2, 0.25) is 0 Å². The van der Waals surface area contributed by atoms with Crippen molar-refractivity contribution in [3.05, 3.63) is 93.6 Å². The minimum Gasteiger partial charge on any atom is -0.503 e. The van der Waals surface area contributed by atoms with Gasteiger partial charge in [-0.2, -0.15) is 0 Å². The van der Waals surface area contributed by atoms with Gasteiger partial charge in [0.25, 0.3) is 5.91 Å². The Bertz CT molecular complexity index is 1070. The minimum absolute atomic E-state index is 0.0593. The van der Waals surface area contributed by atoms with Gasteiger partial charge >= 0.3 is 0 Å². The fourth-order valence-electron chi connectivity index (χ4n) is 3.48. The topological polar surface area (TPSA) is 70.5 Å². The lowest BCUT2D eigenvalue weighted by Crippen LogP contribution is -2.31. The van der Waals surface area contributed by atoms with Gasteiger partial charge in [-0.05, 0) is 47.2 Å². The van der Waals surface area contributed by atoms with Crippen molar-refractivity contribution in [2.24, 2.45) is 0 Å². The van der Waals surface area contributed by atoms with Gasteiger partial charge in [-0.3, -0.25) is 19.5 Å². The molecule has 146 valence electrons. The van der Waals surface area contributed by atoms with Crippen molar-refractivity contribution < 1.29 is 14.7 Å². The highest BCUT2D eigenvalue weighted by atomic mass is 32.1. The number of hydrogen-bond acceptors (Lipinski definition) is 5. The van der Waals surface area contributed by atoms with Crippen LogP contribution in [0.25, 0.3) is 0 Å². The third-order valence-electron chi connectivity index (χ3n) is 5.00. The smallest absolute Gasteiger partial charge is 0.294 e. The first kappa shape index (κ1) is 19.1. The van der Waals surface area contributed by atoms with Crippen LogP contribution in [-0.4, -0.2) is 21.8 Å². The number of anilines is 1. The molecule has 1 N–H and O–H groups in total. The van der Waals surface area contributed by atoms with Gasteiger partial charge in [0, 0.05) is 11.9 Å². The number of thiophene rings is 1. The summed E-state index contributed by atoms with van der Waals surface area (Å²) in [5, 5.41) is 12.5. The molecule has 0 bridgehead atoms. The number of Topliss-reactive ketones (excluding diaryl/α,β-unsaturated/α-hetero) is 1. The van der Waals surface area contributed by atoms with E-state index in [4.69, 9.17) is 0 Å². The number of aliphatic hydroxyl groups is 1. The molecule has 5 nitrogen and oxygen atoms in total. The number of aromatic nitrogens is 1. The number of hydrogen-bond donors (Lipinski definition) is 1. The van der Waals surface area contributed by atoms with Gasteiger partial charge in [0.1, 0.15) is 6.04 Å². The summed E-state index contributed by atoms with van der Waals surface area (Å²) in [5.41, 5.74) is 2.33. The average Bonchev–Trinajstić information content (AvgIpc) is 3.36. The van der Waals surface area contributed by atoms with Gasteiger partial charge in [0.05, 0.1) is 16.1 Å². The summed E-state index contributed by atoms with van der Waals surface area (Å²) in [6.45, 7) is 4.19. The Balaban J connectivity index is 1.83. The van der Waals surface area contributed by atoms with E-state index >= 15 is 0 Å². The van der Waals surface area contributed by atoms with Gasteiger partial charge < -0.3 is 5.11 Å². The van der Waals surface area contributed by atoms with E-state index in [1.165, 1.54) is 16.2 Å². The molecule has 0 saturated heterocycles. The molecule has 1 aromatic carbocycles. The molecule has 1 unspecified atom stereocenters. The van der Waals surface area contributed by atoms with Crippen LogP contribution in [0.5, 0.6) is 0 Å². The molecule has 1 amide bonds. The number of amides is 1. The maximum Gasteiger partial charge on any atom is 0.294 e. The van der Waals surface area contributed by atoms with Crippen molar-refractivity contribution in [3.8, 4) is 0 Å². The van der Waals surface area contributed by atoms with Crippen LogP contribution in [-0.2, 0) is 4.79 Å². The van der Waals surface area contributed by atoms with Crippen LogP contribution in [0.15, 0.2) is 77.5 Å². The zero-order valence-electron chi connectivity index (χ0n) is 16.1. The highest BCUT2D eigenvalue weighted by molar-refractivity contribution is 7.12. The molecular weight excluding hydrogens is 384 g/mol. The third-order valence-corrected chi connectivity index (χ3v) is 5.87. The molecule has 4 rings (SSSR count). The summed E-state index contributed by atoms with van der Waals surface area (Å²) < 4.78 is 0.